The normalized spacial score (nSPS) is 14.6. The van der Waals surface area contributed by atoms with Gasteiger partial charge in [-0.05, 0) is 12.8 Å². The van der Waals surface area contributed by atoms with Crippen LogP contribution in [0.25, 0.3) is 0 Å². The van der Waals surface area contributed by atoms with Crippen LogP contribution in [0.3, 0.4) is 0 Å². The first kappa shape index (κ1) is 14.9. The Bertz CT molecular complexity index is 252. The average Bonchev–Trinajstić information content (AvgIpc) is 1.98. The van der Waals surface area contributed by atoms with Crippen LogP contribution in [-0.4, -0.2) is 36.2 Å². The molecular weight excluding hydrogens is 210 g/mol. The van der Waals surface area contributed by atoms with Gasteiger partial charge in [-0.25, -0.2) is 0 Å². The Morgan fingerprint density at radius 3 is 2.38 bits per heavy atom. The molecule has 2 N–H and O–H groups in total. The lowest BCUT2D eigenvalue weighted by molar-refractivity contribution is -0.139. The molecule has 5 nitrogen and oxygen atoms in total. The molecule has 16 heavy (non-hydrogen) atoms. The van der Waals surface area contributed by atoms with Crippen molar-refractivity contribution in [2.24, 2.45) is 5.92 Å². The van der Waals surface area contributed by atoms with Crippen LogP contribution in [0.5, 0.6) is 0 Å². The number of carboxylic acids is 1. The fourth-order valence-corrected chi connectivity index (χ4v) is 1.54. The maximum atomic E-state index is 11.6. The monoisotopic (exact) mass is 231 g/mol. The molecule has 0 aliphatic heterocycles. The van der Waals surface area contributed by atoms with Gasteiger partial charge in [0, 0.05) is 13.5 Å². The van der Waals surface area contributed by atoms with Gasteiger partial charge >= 0.3 is 5.97 Å². The molecule has 0 aromatic rings. The minimum atomic E-state index is -0.954. The number of hydrogen-bond donors (Lipinski definition) is 2. The smallest absolute Gasteiger partial charge is 0.305 e. The summed E-state index contributed by atoms with van der Waals surface area (Å²) in [4.78, 5) is 22.3. The third-order valence-electron chi connectivity index (χ3n) is 2.04. The highest BCUT2D eigenvalue weighted by Crippen LogP contribution is 2.11. The second kappa shape index (κ2) is 6.48. The fraction of sp³-hybridized carbons (Fsp3) is 0.818. The molecule has 0 aromatic heterocycles. The Hall–Kier alpha value is -1.10. The number of carbonyl (C=O) groups excluding carboxylic acids is 1. The highest BCUT2D eigenvalue weighted by Gasteiger charge is 2.29. The highest BCUT2D eigenvalue weighted by atomic mass is 16.5. The number of rotatable bonds is 7. The number of aliphatic carboxylic acids is 1. The van der Waals surface area contributed by atoms with Crippen molar-refractivity contribution < 1.29 is 19.4 Å². The predicted molar refractivity (Wildman–Crippen MR) is 60.1 cm³/mol. The first-order valence-electron chi connectivity index (χ1n) is 5.31. The topological polar surface area (TPSA) is 75.6 Å². The number of amides is 1. The number of hydrogen-bond acceptors (Lipinski definition) is 3. The fourth-order valence-electron chi connectivity index (χ4n) is 1.54. The van der Waals surface area contributed by atoms with Crippen molar-refractivity contribution in [1.82, 2.24) is 5.32 Å². The zero-order valence-electron chi connectivity index (χ0n) is 10.4. The van der Waals surface area contributed by atoms with Crippen LogP contribution in [0.2, 0.25) is 0 Å². The minimum Gasteiger partial charge on any atom is -0.481 e. The van der Waals surface area contributed by atoms with E-state index >= 15 is 0 Å². The summed E-state index contributed by atoms with van der Waals surface area (Å²) in [5, 5.41) is 11.5. The van der Waals surface area contributed by atoms with E-state index in [-0.39, 0.29) is 24.9 Å². The molecular formula is C11H21NO4. The number of nitrogens with one attached hydrogen (secondary N) is 1. The third-order valence-corrected chi connectivity index (χ3v) is 2.04. The van der Waals surface area contributed by atoms with Gasteiger partial charge in [0.2, 0.25) is 5.91 Å². The van der Waals surface area contributed by atoms with Crippen LogP contribution in [0.4, 0.5) is 0 Å². The second-order valence-electron chi connectivity index (χ2n) is 4.71. The quantitative estimate of drug-likeness (QED) is 0.686. The standard InChI is InChI=1S/C11H21NO4/c1-8(2)5-9(13)12-11(3,7-16-4)6-10(14)15/h8H,5-7H2,1-4H3,(H,12,13)(H,14,15). The van der Waals surface area contributed by atoms with Crippen molar-refractivity contribution >= 4 is 11.9 Å². The van der Waals surface area contributed by atoms with Crippen molar-refractivity contribution in [3.05, 3.63) is 0 Å². The molecule has 94 valence electrons. The Labute approximate surface area is 96.2 Å². The van der Waals surface area contributed by atoms with Gasteiger partial charge in [-0.15, -0.1) is 0 Å². The summed E-state index contributed by atoms with van der Waals surface area (Å²) in [7, 11) is 1.48. The lowest BCUT2D eigenvalue weighted by Crippen LogP contribution is -2.51. The molecule has 0 saturated carbocycles. The van der Waals surface area contributed by atoms with Crippen LogP contribution < -0.4 is 5.32 Å². The molecule has 1 unspecified atom stereocenters. The number of carbonyl (C=O) groups is 2. The Morgan fingerprint density at radius 1 is 1.44 bits per heavy atom. The van der Waals surface area contributed by atoms with Gasteiger partial charge < -0.3 is 15.2 Å². The summed E-state index contributed by atoms with van der Waals surface area (Å²) in [5.41, 5.74) is -0.841. The van der Waals surface area contributed by atoms with Crippen LogP contribution in [-0.2, 0) is 14.3 Å². The van der Waals surface area contributed by atoms with Gasteiger partial charge in [-0.2, -0.15) is 0 Å². The van der Waals surface area contributed by atoms with Crippen molar-refractivity contribution in [1.29, 1.82) is 0 Å². The molecule has 0 saturated heterocycles. The first-order chi connectivity index (χ1) is 7.29. The maximum absolute atomic E-state index is 11.6. The van der Waals surface area contributed by atoms with Crippen molar-refractivity contribution in [2.75, 3.05) is 13.7 Å². The van der Waals surface area contributed by atoms with Gasteiger partial charge in [0.15, 0.2) is 0 Å². The molecule has 0 aliphatic rings. The minimum absolute atomic E-state index is 0.143. The van der Waals surface area contributed by atoms with E-state index in [2.05, 4.69) is 5.32 Å². The van der Waals surface area contributed by atoms with Gasteiger partial charge in [0.1, 0.15) is 0 Å². The third kappa shape index (κ3) is 6.40. The summed E-state index contributed by atoms with van der Waals surface area (Å²) >= 11 is 0. The maximum Gasteiger partial charge on any atom is 0.305 e. The van der Waals surface area contributed by atoms with E-state index in [1.807, 2.05) is 13.8 Å². The molecule has 0 fully saturated rings. The number of methoxy groups -OCH3 is 1. The Kier molecular flexibility index (Phi) is 6.03. The van der Waals surface area contributed by atoms with E-state index in [0.29, 0.717) is 6.42 Å². The second-order valence-corrected chi connectivity index (χ2v) is 4.71. The Morgan fingerprint density at radius 2 is 2.00 bits per heavy atom. The van der Waals surface area contributed by atoms with E-state index in [1.165, 1.54) is 7.11 Å². The Balaban J connectivity index is 4.41. The molecule has 0 heterocycles. The van der Waals surface area contributed by atoms with Gasteiger partial charge in [0.05, 0.1) is 18.6 Å². The number of ether oxygens (including phenoxy) is 1. The van der Waals surface area contributed by atoms with Crippen LogP contribution in [0.15, 0.2) is 0 Å². The molecule has 0 bridgehead atoms. The van der Waals surface area contributed by atoms with Crippen LogP contribution >= 0.6 is 0 Å². The summed E-state index contributed by atoms with van der Waals surface area (Å²) in [6, 6.07) is 0. The van der Waals surface area contributed by atoms with Crippen LogP contribution in [0.1, 0.15) is 33.6 Å². The van der Waals surface area contributed by atoms with Crippen molar-refractivity contribution in [3.63, 3.8) is 0 Å². The van der Waals surface area contributed by atoms with Gasteiger partial charge in [0.25, 0.3) is 0 Å². The summed E-state index contributed by atoms with van der Waals surface area (Å²) < 4.78 is 4.94. The van der Waals surface area contributed by atoms with E-state index in [0.717, 1.165) is 0 Å². The summed E-state index contributed by atoms with van der Waals surface area (Å²) in [6.45, 7) is 5.72. The van der Waals surface area contributed by atoms with E-state index in [1.54, 1.807) is 6.92 Å². The van der Waals surface area contributed by atoms with E-state index in [4.69, 9.17) is 9.84 Å². The SMILES string of the molecule is COCC(C)(CC(=O)O)NC(=O)CC(C)C. The zero-order chi connectivity index (χ0) is 12.8. The molecule has 0 aliphatic carbocycles. The van der Waals surface area contributed by atoms with Gasteiger partial charge in [-0.1, -0.05) is 13.8 Å². The predicted octanol–water partition coefficient (Wildman–Crippen LogP) is 1.03. The number of carboxylic acid groups (broad SMARTS) is 1. The average molecular weight is 231 g/mol. The zero-order valence-corrected chi connectivity index (χ0v) is 10.4. The summed E-state index contributed by atoms with van der Waals surface area (Å²) in [6.07, 6.45) is 0.240. The van der Waals surface area contributed by atoms with Crippen LogP contribution in [0, 0.1) is 5.92 Å². The largest absolute Gasteiger partial charge is 0.481 e. The molecule has 0 rings (SSSR count). The molecule has 5 heteroatoms. The van der Waals surface area contributed by atoms with E-state index in [9.17, 15) is 9.59 Å². The first-order valence-corrected chi connectivity index (χ1v) is 5.31. The van der Waals surface area contributed by atoms with E-state index < -0.39 is 11.5 Å². The lowest BCUT2D eigenvalue weighted by atomic mass is 9.98. The van der Waals surface area contributed by atoms with Gasteiger partial charge in [-0.3, -0.25) is 9.59 Å². The highest BCUT2D eigenvalue weighted by molar-refractivity contribution is 5.78. The molecule has 0 aromatic carbocycles. The van der Waals surface area contributed by atoms with Crippen molar-refractivity contribution in [3.8, 4) is 0 Å². The van der Waals surface area contributed by atoms with Crippen molar-refractivity contribution in [2.45, 2.75) is 39.2 Å². The molecule has 1 atom stereocenters. The molecule has 0 radical (unpaired) electrons. The molecule has 1 amide bonds. The summed E-state index contributed by atoms with van der Waals surface area (Å²) in [5.74, 6) is -0.850. The molecule has 0 spiro atoms. The lowest BCUT2D eigenvalue weighted by Gasteiger charge is -2.28.